The highest BCUT2D eigenvalue weighted by molar-refractivity contribution is 5.28. The first-order valence-corrected chi connectivity index (χ1v) is 7.44. The van der Waals surface area contributed by atoms with E-state index in [2.05, 4.69) is 42.8 Å². The molecule has 0 fully saturated rings. The van der Waals surface area contributed by atoms with Crippen LogP contribution in [-0.2, 0) is 6.54 Å². The fourth-order valence-corrected chi connectivity index (χ4v) is 1.96. The fourth-order valence-electron chi connectivity index (χ4n) is 1.96. The maximum atomic E-state index is 5.65. The van der Waals surface area contributed by atoms with Crippen molar-refractivity contribution in [2.75, 3.05) is 32.8 Å². The lowest BCUT2D eigenvalue weighted by Gasteiger charge is -2.18. The van der Waals surface area contributed by atoms with Gasteiger partial charge in [-0.05, 0) is 43.3 Å². The summed E-state index contributed by atoms with van der Waals surface area (Å²) in [7, 11) is 0. The molecule has 112 valence electrons. The summed E-state index contributed by atoms with van der Waals surface area (Å²) in [5.74, 6) is 0.913. The molecule has 0 atom stereocenters. The molecule has 0 aliphatic carbocycles. The van der Waals surface area contributed by atoms with Crippen LogP contribution in [0.5, 0.6) is 5.75 Å². The quantitative estimate of drug-likeness (QED) is 0.525. The SMILES string of the molecule is C=C(C)COc1cccc(CNCCN(CC)CC)c1. The Balaban J connectivity index is 2.33. The molecule has 1 N–H and O–H groups in total. The lowest BCUT2D eigenvalue weighted by Crippen LogP contribution is -2.31. The smallest absolute Gasteiger partial charge is 0.120 e. The summed E-state index contributed by atoms with van der Waals surface area (Å²) in [4.78, 5) is 2.42. The van der Waals surface area contributed by atoms with Crippen molar-refractivity contribution >= 4 is 0 Å². The largest absolute Gasteiger partial charge is 0.489 e. The van der Waals surface area contributed by atoms with E-state index in [1.165, 1.54) is 5.56 Å². The lowest BCUT2D eigenvalue weighted by molar-refractivity contribution is 0.302. The third kappa shape index (κ3) is 6.73. The van der Waals surface area contributed by atoms with Gasteiger partial charge in [0.15, 0.2) is 0 Å². The molecular formula is C17H28N2O. The van der Waals surface area contributed by atoms with E-state index in [1.54, 1.807) is 0 Å². The maximum absolute atomic E-state index is 5.65. The van der Waals surface area contributed by atoms with E-state index >= 15 is 0 Å². The predicted molar refractivity (Wildman–Crippen MR) is 86.2 cm³/mol. The van der Waals surface area contributed by atoms with Crippen LogP contribution < -0.4 is 10.1 Å². The summed E-state index contributed by atoms with van der Waals surface area (Å²) < 4.78 is 5.65. The number of ether oxygens (including phenoxy) is 1. The molecule has 0 bridgehead atoms. The van der Waals surface area contributed by atoms with Crippen molar-refractivity contribution < 1.29 is 4.74 Å². The molecule has 1 rings (SSSR count). The molecule has 0 aromatic heterocycles. The van der Waals surface area contributed by atoms with Gasteiger partial charge in [0, 0.05) is 19.6 Å². The third-order valence-corrected chi connectivity index (χ3v) is 3.21. The average molecular weight is 276 g/mol. The maximum Gasteiger partial charge on any atom is 0.120 e. The fraction of sp³-hybridized carbons (Fsp3) is 0.529. The van der Waals surface area contributed by atoms with Gasteiger partial charge in [0.25, 0.3) is 0 Å². The van der Waals surface area contributed by atoms with E-state index in [9.17, 15) is 0 Å². The van der Waals surface area contributed by atoms with Crippen molar-refractivity contribution in [1.29, 1.82) is 0 Å². The number of nitrogens with one attached hydrogen (secondary N) is 1. The molecule has 0 radical (unpaired) electrons. The first kappa shape index (κ1) is 16.7. The Kier molecular flexibility index (Phi) is 8.00. The summed E-state index contributed by atoms with van der Waals surface area (Å²) in [5.41, 5.74) is 2.29. The van der Waals surface area contributed by atoms with Crippen LogP contribution in [0.3, 0.4) is 0 Å². The van der Waals surface area contributed by atoms with Crippen molar-refractivity contribution in [3.8, 4) is 5.75 Å². The van der Waals surface area contributed by atoms with Crippen molar-refractivity contribution in [2.45, 2.75) is 27.3 Å². The molecule has 1 aromatic carbocycles. The van der Waals surface area contributed by atoms with Crippen LogP contribution in [-0.4, -0.2) is 37.7 Å². The Morgan fingerprint density at radius 3 is 2.70 bits per heavy atom. The van der Waals surface area contributed by atoms with E-state index in [0.29, 0.717) is 6.61 Å². The molecule has 0 unspecified atom stereocenters. The van der Waals surface area contributed by atoms with Gasteiger partial charge in [-0.25, -0.2) is 0 Å². The summed E-state index contributed by atoms with van der Waals surface area (Å²) in [6.45, 7) is 16.0. The Labute approximate surface area is 123 Å². The Hall–Kier alpha value is -1.32. The number of likely N-dealkylation sites (N-methyl/N-ethyl adjacent to an activating group) is 1. The molecule has 1 aromatic rings. The Morgan fingerprint density at radius 2 is 2.05 bits per heavy atom. The molecule has 20 heavy (non-hydrogen) atoms. The average Bonchev–Trinajstić information content (AvgIpc) is 2.46. The topological polar surface area (TPSA) is 24.5 Å². The van der Waals surface area contributed by atoms with E-state index < -0.39 is 0 Å². The van der Waals surface area contributed by atoms with Gasteiger partial charge < -0.3 is 15.0 Å². The first-order valence-electron chi connectivity index (χ1n) is 7.44. The minimum atomic E-state index is 0.582. The highest BCUT2D eigenvalue weighted by Crippen LogP contribution is 2.13. The van der Waals surface area contributed by atoms with Crippen LogP contribution in [0.1, 0.15) is 26.3 Å². The van der Waals surface area contributed by atoms with E-state index in [1.807, 2.05) is 19.1 Å². The van der Waals surface area contributed by atoms with Gasteiger partial charge in [0.1, 0.15) is 12.4 Å². The predicted octanol–water partition coefficient (Wildman–Crippen LogP) is 3.07. The standard InChI is InChI=1S/C17H28N2O/c1-5-19(6-2)11-10-18-13-16-8-7-9-17(12-16)20-14-15(3)4/h7-9,12,18H,3,5-6,10-11,13-14H2,1-2,4H3. The van der Waals surface area contributed by atoms with E-state index in [4.69, 9.17) is 4.74 Å². The number of hydrogen-bond donors (Lipinski definition) is 1. The van der Waals surface area contributed by atoms with Gasteiger partial charge in [-0.1, -0.05) is 32.6 Å². The molecule has 0 heterocycles. The molecule has 0 saturated carbocycles. The van der Waals surface area contributed by atoms with Crippen LogP contribution >= 0.6 is 0 Å². The molecule has 0 aliphatic rings. The second-order valence-corrected chi connectivity index (χ2v) is 5.10. The van der Waals surface area contributed by atoms with Crippen LogP contribution in [0.15, 0.2) is 36.4 Å². The van der Waals surface area contributed by atoms with E-state index in [0.717, 1.165) is 44.0 Å². The summed E-state index contributed by atoms with van der Waals surface area (Å²) in [5, 5.41) is 3.48. The molecule has 0 amide bonds. The normalized spacial score (nSPS) is 10.8. The minimum Gasteiger partial charge on any atom is -0.489 e. The zero-order valence-corrected chi connectivity index (χ0v) is 13.1. The second-order valence-electron chi connectivity index (χ2n) is 5.10. The van der Waals surface area contributed by atoms with Gasteiger partial charge in [0.2, 0.25) is 0 Å². The second kappa shape index (κ2) is 9.56. The molecule has 3 nitrogen and oxygen atoms in total. The van der Waals surface area contributed by atoms with Crippen LogP contribution in [0.25, 0.3) is 0 Å². The van der Waals surface area contributed by atoms with Gasteiger partial charge in [-0.15, -0.1) is 0 Å². The van der Waals surface area contributed by atoms with Crippen molar-refractivity contribution in [3.05, 3.63) is 42.0 Å². The van der Waals surface area contributed by atoms with Crippen molar-refractivity contribution in [1.82, 2.24) is 10.2 Å². The van der Waals surface area contributed by atoms with Crippen molar-refractivity contribution in [2.24, 2.45) is 0 Å². The monoisotopic (exact) mass is 276 g/mol. The number of nitrogens with zero attached hydrogens (tertiary/aromatic N) is 1. The highest BCUT2D eigenvalue weighted by Gasteiger charge is 2.00. The van der Waals surface area contributed by atoms with Gasteiger partial charge >= 0.3 is 0 Å². The van der Waals surface area contributed by atoms with Gasteiger partial charge in [-0.2, -0.15) is 0 Å². The van der Waals surface area contributed by atoms with Crippen LogP contribution in [0.2, 0.25) is 0 Å². The van der Waals surface area contributed by atoms with Crippen molar-refractivity contribution in [3.63, 3.8) is 0 Å². The minimum absolute atomic E-state index is 0.582. The third-order valence-electron chi connectivity index (χ3n) is 3.21. The molecule has 0 spiro atoms. The van der Waals surface area contributed by atoms with Gasteiger partial charge in [-0.3, -0.25) is 0 Å². The molecule has 3 heteroatoms. The van der Waals surface area contributed by atoms with E-state index in [-0.39, 0.29) is 0 Å². The molecular weight excluding hydrogens is 248 g/mol. The summed E-state index contributed by atoms with van der Waals surface area (Å²) in [6, 6.07) is 8.24. The zero-order valence-electron chi connectivity index (χ0n) is 13.1. The molecule has 0 aliphatic heterocycles. The van der Waals surface area contributed by atoms with Crippen LogP contribution in [0.4, 0.5) is 0 Å². The number of hydrogen-bond acceptors (Lipinski definition) is 3. The lowest BCUT2D eigenvalue weighted by atomic mass is 10.2. The summed E-state index contributed by atoms with van der Waals surface area (Å²) in [6.07, 6.45) is 0. The first-order chi connectivity index (χ1) is 9.65. The number of benzene rings is 1. The number of rotatable bonds is 10. The molecule has 0 saturated heterocycles. The highest BCUT2D eigenvalue weighted by atomic mass is 16.5. The van der Waals surface area contributed by atoms with Gasteiger partial charge in [0.05, 0.1) is 0 Å². The Morgan fingerprint density at radius 1 is 1.30 bits per heavy atom. The van der Waals surface area contributed by atoms with Crippen LogP contribution in [0, 0.1) is 0 Å². The summed E-state index contributed by atoms with van der Waals surface area (Å²) >= 11 is 0. The Bertz CT molecular complexity index is 400. The zero-order chi connectivity index (χ0) is 14.8.